The van der Waals surface area contributed by atoms with Crippen molar-refractivity contribution in [3.05, 3.63) is 23.1 Å². The number of imidazole rings is 1. The van der Waals surface area contributed by atoms with Crippen LogP contribution in [0.4, 0.5) is 0 Å². The second-order valence-electron chi connectivity index (χ2n) is 4.59. The third-order valence-electron chi connectivity index (χ3n) is 3.42. The molecule has 1 unspecified atom stereocenters. The highest BCUT2D eigenvalue weighted by Crippen LogP contribution is 2.20. The summed E-state index contributed by atoms with van der Waals surface area (Å²) in [6.07, 6.45) is 13.6. The first-order valence-electron chi connectivity index (χ1n) is 5.78. The van der Waals surface area contributed by atoms with Crippen LogP contribution in [-0.2, 0) is 0 Å². The van der Waals surface area contributed by atoms with Crippen molar-refractivity contribution in [2.24, 2.45) is 5.92 Å². The van der Waals surface area contributed by atoms with Crippen LogP contribution in [0, 0.1) is 5.92 Å². The fourth-order valence-electron chi connectivity index (χ4n) is 2.48. The molecule has 0 saturated heterocycles. The van der Waals surface area contributed by atoms with Crippen LogP contribution in [0.3, 0.4) is 0 Å². The molecule has 0 amide bonds. The van der Waals surface area contributed by atoms with Crippen molar-refractivity contribution in [2.45, 2.75) is 32.6 Å². The fourth-order valence-corrected chi connectivity index (χ4v) is 2.48. The number of aromatic nitrogens is 2. The Kier molecular flexibility index (Phi) is 2.01. The SMILES string of the molecule is CC1/C=C\n2cnc3c2=C(CCC=3)CC1. The first-order valence-corrected chi connectivity index (χ1v) is 5.78. The highest BCUT2D eigenvalue weighted by atomic mass is 15.0. The molecule has 1 aromatic heterocycles. The van der Waals surface area contributed by atoms with E-state index in [4.69, 9.17) is 0 Å². The van der Waals surface area contributed by atoms with Gasteiger partial charge in [-0.3, -0.25) is 0 Å². The van der Waals surface area contributed by atoms with Gasteiger partial charge in [-0.2, -0.15) is 0 Å². The minimum atomic E-state index is 0.683. The van der Waals surface area contributed by atoms with Gasteiger partial charge in [0.2, 0.25) is 0 Å². The Hall–Kier alpha value is -1.31. The van der Waals surface area contributed by atoms with Crippen molar-refractivity contribution in [3.63, 3.8) is 0 Å². The van der Waals surface area contributed by atoms with Gasteiger partial charge in [0.25, 0.3) is 0 Å². The second kappa shape index (κ2) is 3.37. The normalized spacial score (nSPS) is 26.2. The van der Waals surface area contributed by atoms with Gasteiger partial charge >= 0.3 is 0 Å². The maximum absolute atomic E-state index is 4.46. The molecule has 1 aromatic rings. The monoisotopic (exact) mass is 200 g/mol. The Labute approximate surface area is 89.6 Å². The minimum Gasteiger partial charge on any atom is -0.306 e. The van der Waals surface area contributed by atoms with Crippen LogP contribution in [0.5, 0.6) is 0 Å². The number of rotatable bonds is 0. The summed E-state index contributed by atoms with van der Waals surface area (Å²) in [7, 11) is 0. The zero-order valence-electron chi connectivity index (χ0n) is 9.11. The minimum absolute atomic E-state index is 0.683. The van der Waals surface area contributed by atoms with Crippen LogP contribution in [-0.4, -0.2) is 9.55 Å². The first-order chi connectivity index (χ1) is 7.34. The number of hydrogen-bond acceptors (Lipinski definition) is 1. The topological polar surface area (TPSA) is 17.8 Å². The molecule has 2 heterocycles. The summed E-state index contributed by atoms with van der Waals surface area (Å²) in [4.78, 5) is 4.46. The summed E-state index contributed by atoms with van der Waals surface area (Å²) in [6, 6.07) is 0. The third-order valence-corrected chi connectivity index (χ3v) is 3.42. The van der Waals surface area contributed by atoms with Gasteiger partial charge in [-0.25, -0.2) is 4.98 Å². The Balaban J connectivity index is 2.29. The van der Waals surface area contributed by atoms with Gasteiger partial charge < -0.3 is 4.57 Å². The average Bonchev–Trinajstić information content (AvgIpc) is 2.65. The number of nitrogens with zero attached hydrogens (tertiary/aromatic N) is 2. The molecule has 1 aliphatic heterocycles. The van der Waals surface area contributed by atoms with E-state index in [2.05, 4.69) is 34.8 Å². The third kappa shape index (κ3) is 1.44. The lowest BCUT2D eigenvalue weighted by molar-refractivity contribution is 0.649. The fraction of sp³-hybridized carbons (Fsp3) is 0.462. The van der Waals surface area contributed by atoms with E-state index in [1.807, 2.05) is 6.33 Å². The van der Waals surface area contributed by atoms with E-state index in [0.29, 0.717) is 5.92 Å². The molecule has 15 heavy (non-hydrogen) atoms. The average molecular weight is 200 g/mol. The van der Waals surface area contributed by atoms with E-state index in [1.165, 1.54) is 30.0 Å². The molecule has 0 N–H and O–H groups in total. The van der Waals surface area contributed by atoms with E-state index >= 15 is 0 Å². The number of hydrogen-bond donors (Lipinski definition) is 0. The Bertz CT molecular complexity index is 519. The highest BCUT2D eigenvalue weighted by molar-refractivity contribution is 5.50. The predicted octanol–water partition coefficient (Wildman–Crippen LogP) is 1.51. The van der Waals surface area contributed by atoms with E-state index in [-0.39, 0.29) is 0 Å². The molecular formula is C13H16N2. The van der Waals surface area contributed by atoms with Crippen LogP contribution in [0.15, 0.2) is 12.4 Å². The van der Waals surface area contributed by atoms with Crippen molar-refractivity contribution in [1.29, 1.82) is 0 Å². The molecule has 2 aliphatic rings. The molecule has 0 spiro atoms. The van der Waals surface area contributed by atoms with Crippen molar-refractivity contribution in [2.75, 3.05) is 0 Å². The van der Waals surface area contributed by atoms with Crippen LogP contribution >= 0.6 is 0 Å². The Morgan fingerprint density at radius 1 is 1.40 bits per heavy atom. The molecular weight excluding hydrogens is 184 g/mol. The molecule has 2 nitrogen and oxygen atoms in total. The Morgan fingerprint density at radius 2 is 2.33 bits per heavy atom. The lowest BCUT2D eigenvalue weighted by Crippen LogP contribution is -2.33. The molecule has 1 aliphatic carbocycles. The van der Waals surface area contributed by atoms with Gasteiger partial charge in [0, 0.05) is 6.20 Å². The zero-order chi connectivity index (χ0) is 10.3. The van der Waals surface area contributed by atoms with E-state index in [0.717, 1.165) is 6.42 Å². The molecule has 0 bridgehead atoms. The Morgan fingerprint density at radius 3 is 3.27 bits per heavy atom. The molecule has 0 saturated carbocycles. The van der Waals surface area contributed by atoms with Crippen molar-refractivity contribution in [3.8, 4) is 0 Å². The molecule has 2 heteroatoms. The number of allylic oxidation sites excluding steroid dienone is 1. The van der Waals surface area contributed by atoms with E-state index in [1.54, 1.807) is 5.57 Å². The van der Waals surface area contributed by atoms with Crippen LogP contribution in [0.2, 0.25) is 0 Å². The van der Waals surface area contributed by atoms with Crippen LogP contribution in [0.25, 0.3) is 17.8 Å². The van der Waals surface area contributed by atoms with E-state index in [9.17, 15) is 0 Å². The highest BCUT2D eigenvalue weighted by Gasteiger charge is 2.11. The van der Waals surface area contributed by atoms with Gasteiger partial charge in [0.15, 0.2) is 0 Å². The van der Waals surface area contributed by atoms with Gasteiger partial charge in [-0.15, -0.1) is 0 Å². The summed E-state index contributed by atoms with van der Waals surface area (Å²) in [5, 5.41) is 2.56. The molecule has 78 valence electrons. The zero-order valence-corrected chi connectivity index (χ0v) is 9.11. The van der Waals surface area contributed by atoms with Gasteiger partial charge in [0.1, 0.15) is 0 Å². The van der Waals surface area contributed by atoms with Crippen molar-refractivity contribution < 1.29 is 0 Å². The van der Waals surface area contributed by atoms with Crippen LogP contribution < -0.4 is 10.7 Å². The molecule has 0 aromatic carbocycles. The van der Waals surface area contributed by atoms with Crippen molar-refractivity contribution >= 4 is 17.8 Å². The summed E-state index contributed by atoms with van der Waals surface area (Å²) in [6.45, 7) is 2.29. The first kappa shape index (κ1) is 8.96. The quantitative estimate of drug-likeness (QED) is 0.620. The predicted molar refractivity (Wildman–Crippen MR) is 62.3 cm³/mol. The van der Waals surface area contributed by atoms with E-state index < -0.39 is 0 Å². The second-order valence-corrected chi connectivity index (χ2v) is 4.59. The van der Waals surface area contributed by atoms with Crippen molar-refractivity contribution in [1.82, 2.24) is 9.55 Å². The maximum Gasteiger partial charge on any atom is 0.0999 e. The standard InChI is InChI=1S/C13H16N2/c1-10-5-6-11-3-2-4-12-13(11)15(8-7-10)9-14-12/h4,7-10H,2-3,5-6H2,1H3/b8-7-. The molecule has 3 rings (SSSR count). The van der Waals surface area contributed by atoms with Crippen LogP contribution in [0.1, 0.15) is 32.6 Å². The smallest absolute Gasteiger partial charge is 0.0999 e. The maximum atomic E-state index is 4.46. The van der Waals surface area contributed by atoms with Gasteiger partial charge in [-0.1, -0.05) is 19.1 Å². The molecule has 0 radical (unpaired) electrons. The lowest BCUT2D eigenvalue weighted by atomic mass is 9.95. The largest absolute Gasteiger partial charge is 0.306 e. The summed E-state index contributed by atoms with van der Waals surface area (Å²) in [5.74, 6) is 0.683. The molecule has 0 fully saturated rings. The molecule has 1 atom stereocenters. The summed E-state index contributed by atoms with van der Waals surface area (Å²) < 4.78 is 2.19. The summed E-state index contributed by atoms with van der Waals surface area (Å²) >= 11 is 0. The van der Waals surface area contributed by atoms with Gasteiger partial charge in [0.05, 0.1) is 17.0 Å². The van der Waals surface area contributed by atoms with Gasteiger partial charge in [-0.05, 0) is 37.2 Å². The lowest BCUT2D eigenvalue weighted by Gasteiger charge is -2.14. The summed E-state index contributed by atoms with van der Waals surface area (Å²) in [5.41, 5.74) is 1.60.